The van der Waals surface area contributed by atoms with Crippen molar-refractivity contribution in [3.63, 3.8) is 0 Å². The van der Waals surface area contributed by atoms with Gasteiger partial charge in [-0.05, 0) is 60.4 Å². The molecule has 208 valence electrons. The fourth-order valence-electron chi connectivity index (χ4n) is 6.03. The van der Waals surface area contributed by atoms with Crippen LogP contribution < -0.4 is 15.1 Å². The number of thioether (sulfide) groups is 1. The van der Waals surface area contributed by atoms with Crippen molar-refractivity contribution in [3.05, 3.63) is 100.0 Å². The quantitative estimate of drug-likeness (QED) is 0.291. The van der Waals surface area contributed by atoms with Gasteiger partial charge >= 0.3 is 0 Å². The van der Waals surface area contributed by atoms with E-state index in [1.807, 2.05) is 65.6 Å². The summed E-state index contributed by atoms with van der Waals surface area (Å²) in [5, 5.41) is 3.08. The zero-order valence-corrected chi connectivity index (χ0v) is 24.6. The van der Waals surface area contributed by atoms with Crippen LogP contribution in [0.1, 0.15) is 53.7 Å². The Balaban J connectivity index is 1.22. The highest BCUT2D eigenvalue weighted by Gasteiger charge is 2.29. The number of anilines is 1. The van der Waals surface area contributed by atoms with Crippen LogP contribution in [-0.4, -0.2) is 38.0 Å². The van der Waals surface area contributed by atoms with Crippen molar-refractivity contribution in [2.24, 2.45) is 11.8 Å². The van der Waals surface area contributed by atoms with Crippen molar-refractivity contribution in [2.45, 2.75) is 45.1 Å². The molecule has 2 amide bonds. The van der Waals surface area contributed by atoms with Crippen molar-refractivity contribution < 1.29 is 14.5 Å². The number of carbonyl (C=O) groups is 2. The Labute approximate surface area is 242 Å². The maximum absolute atomic E-state index is 13.7. The molecule has 5 nitrogen and oxygen atoms in total. The predicted octanol–water partition coefficient (Wildman–Crippen LogP) is 5.36. The molecule has 5 rings (SSSR count). The summed E-state index contributed by atoms with van der Waals surface area (Å²) < 4.78 is 0. The fourth-order valence-corrected chi connectivity index (χ4v) is 7.09. The van der Waals surface area contributed by atoms with Gasteiger partial charge in [-0.2, -0.15) is 0 Å². The summed E-state index contributed by atoms with van der Waals surface area (Å²) in [6.07, 6.45) is 4.25. The lowest BCUT2D eigenvalue weighted by molar-refractivity contribution is -0.912. The third kappa shape index (κ3) is 6.86. The van der Waals surface area contributed by atoms with Crippen LogP contribution in [0, 0.1) is 18.8 Å². The monoisotopic (exact) mass is 554 g/mol. The molecule has 2 aliphatic heterocycles. The number of benzene rings is 3. The Hall–Kier alpha value is -3.35. The Morgan fingerprint density at radius 1 is 1.00 bits per heavy atom. The molecule has 2 atom stereocenters. The molecule has 40 heavy (non-hydrogen) atoms. The number of amides is 2. The van der Waals surface area contributed by atoms with Crippen molar-refractivity contribution in [1.29, 1.82) is 0 Å². The molecule has 0 aliphatic carbocycles. The van der Waals surface area contributed by atoms with E-state index in [-0.39, 0.29) is 11.8 Å². The van der Waals surface area contributed by atoms with Crippen molar-refractivity contribution >= 4 is 35.3 Å². The predicted molar refractivity (Wildman–Crippen MR) is 165 cm³/mol. The van der Waals surface area contributed by atoms with Crippen LogP contribution in [0.25, 0.3) is 6.08 Å². The van der Waals surface area contributed by atoms with Gasteiger partial charge in [0, 0.05) is 35.3 Å². The van der Waals surface area contributed by atoms with Crippen molar-refractivity contribution in [1.82, 2.24) is 5.32 Å². The number of likely N-dealkylation sites (tertiary alicyclic amines) is 1. The third-order valence-electron chi connectivity index (χ3n) is 7.96. The number of carbonyl (C=O) groups excluding carboxylic acids is 2. The number of piperidine rings is 1. The number of aryl methyl sites for hydroxylation is 1. The van der Waals surface area contributed by atoms with E-state index in [0.29, 0.717) is 23.6 Å². The lowest BCUT2D eigenvalue weighted by Crippen LogP contribution is -3.14. The average Bonchev–Trinajstić information content (AvgIpc) is 2.94. The maximum atomic E-state index is 13.7. The molecular weight excluding hydrogens is 514 g/mol. The summed E-state index contributed by atoms with van der Waals surface area (Å²) in [6, 6.07) is 23.8. The van der Waals surface area contributed by atoms with E-state index in [9.17, 15) is 9.59 Å². The first-order valence-corrected chi connectivity index (χ1v) is 15.3. The van der Waals surface area contributed by atoms with E-state index >= 15 is 0 Å². The zero-order chi connectivity index (χ0) is 28.1. The topological polar surface area (TPSA) is 53.9 Å². The molecule has 3 aromatic carbocycles. The van der Waals surface area contributed by atoms with E-state index in [2.05, 4.69) is 44.3 Å². The molecule has 2 aliphatic rings. The molecule has 2 heterocycles. The van der Waals surface area contributed by atoms with Gasteiger partial charge in [-0.15, -0.1) is 0 Å². The van der Waals surface area contributed by atoms with Crippen LogP contribution >= 0.6 is 11.8 Å². The minimum atomic E-state index is -0.0453. The molecule has 3 aromatic rings. The number of hydrogen-bond donors (Lipinski definition) is 2. The molecular formula is C34H40N3O2S+. The van der Waals surface area contributed by atoms with Crippen LogP contribution in [0.3, 0.4) is 0 Å². The molecule has 0 bridgehead atoms. The first kappa shape index (κ1) is 28.2. The fraction of sp³-hybridized carbons (Fsp3) is 0.353. The van der Waals surface area contributed by atoms with Crippen LogP contribution in [0.2, 0.25) is 0 Å². The van der Waals surface area contributed by atoms with Gasteiger partial charge in [0.2, 0.25) is 0 Å². The number of fused-ring (bicyclic) bond motifs is 1. The zero-order valence-electron chi connectivity index (χ0n) is 23.8. The van der Waals surface area contributed by atoms with Crippen LogP contribution in [0.15, 0.2) is 82.6 Å². The van der Waals surface area contributed by atoms with Gasteiger partial charge in [0.25, 0.3) is 11.8 Å². The highest BCUT2D eigenvalue weighted by atomic mass is 32.2. The minimum Gasteiger partial charge on any atom is -0.352 e. The SMILES string of the molecule is Cc1ccccc1CN1C(=O)C(=Cc2ccc(C(=O)NCCC[NH+]3CC(C)CC(C)C3)cc2)Sc2ccccc21. The first-order chi connectivity index (χ1) is 19.4. The number of hydrogen-bond acceptors (Lipinski definition) is 3. The van der Waals surface area contributed by atoms with Crippen molar-refractivity contribution in [2.75, 3.05) is 31.1 Å². The maximum Gasteiger partial charge on any atom is 0.265 e. The van der Waals surface area contributed by atoms with Gasteiger partial charge in [0.1, 0.15) is 0 Å². The highest BCUT2D eigenvalue weighted by molar-refractivity contribution is 8.04. The smallest absolute Gasteiger partial charge is 0.265 e. The van der Waals surface area contributed by atoms with E-state index < -0.39 is 0 Å². The molecule has 0 spiro atoms. The minimum absolute atomic E-state index is 0.00611. The van der Waals surface area contributed by atoms with Crippen molar-refractivity contribution in [3.8, 4) is 0 Å². The van der Waals surface area contributed by atoms with Gasteiger partial charge in [0.05, 0.1) is 36.8 Å². The van der Waals surface area contributed by atoms with E-state index in [0.717, 1.165) is 46.5 Å². The second-order valence-electron chi connectivity index (χ2n) is 11.5. The normalized spacial score (nSPS) is 21.8. The summed E-state index contributed by atoms with van der Waals surface area (Å²) in [5.74, 6) is 1.52. The Morgan fingerprint density at radius 2 is 1.70 bits per heavy atom. The molecule has 2 unspecified atom stereocenters. The van der Waals surface area contributed by atoms with Crippen LogP contribution in [0.5, 0.6) is 0 Å². The third-order valence-corrected chi connectivity index (χ3v) is 9.04. The van der Waals surface area contributed by atoms with Gasteiger partial charge in [0.15, 0.2) is 0 Å². The number of nitrogens with zero attached hydrogens (tertiary/aromatic N) is 1. The summed E-state index contributed by atoms with van der Waals surface area (Å²) in [4.78, 5) is 31.7. The molecule has 0 saturated carbocycles. The molecule has 1 fully saturated rings. The summed E-state index contributed by atoms with van der Waals surface area (Å²) >= 11 is 1.50. The molecule has 1 saturated heterocycles. The molecule has 6 heteroatoms. The number of rotatable bonds is 8. The average molecular weight is 555 g/mol. The van der Waals surface area contributed by atoms with Gasteiger partial charge < -0.3 is 15.1 Å². The molecule has 0 radical (unpaired) electrons. The summed E-state index contributed by atoms with van der Waals surface area (Å²) in [6.45, 7) is 11.6. The van der Waals surface area contributed by atoms with E-state index in [4.69, 9.17) is 0 Å². The lowest BCUT2D eigenvalue weighted by atomic mass is 9.92. The first-order valence-electron chi connectivity index (χ1n) is 14.4. The second-order valence-corrected chi connectivity index (χ2v) is 12.6. The highest BCUT2D eigenvalue weighted by Crippen LogP contribution is 2.42. The molecule has 0 aromatic heterocycles. The van der Waals surface area contributed by atoms with E-state index in [1.54, 1.807) is 4.90 Å². The summed E-state index contributed by atoms with van der Waals surface area (Å²) in [5.41, 5.74) is 4.79. The van der Waals surface area contributed by atoms with E-state index in [1.165, 1.54) is 36.8 Å². The summed E-state index contributed by atoms with van der Waals surface area (Å²) in [7, 11) is 0. The lowest BCUT2D eigenvalue weighted by Gasteiger charge is -2.32. The van der Waals surface area contributed by atoms with Crippen LogP contribution in [-0.2, 0) is 11.3 Å². The number of para-hydroxylation sites is 1. The van der Waals surface area contributed by atoms with Gasteiger partial charge in [-0.3, -0.25) is 9.59 Å². The Kier molecular flexibility index (Phi) is 9.08. The standard InChI is InChI=1S/C34H39N3O2S/c1-24-19-25(2)22-36(21-24)18-8-17-35-33(38)28-15-13-27(14-16-28)20-32-34(39)37(23-29-10-5-4-9-26(29)3)30-11-6-7-12-31(30)40-32/h4-7,9-16,20,24-25H,8,17-19,21-23H2,1-3H3,(H,35,38)/p+1. The van der Waals surface area contributed by atoms with Gasteiger partial charge in [-0.1, -0.05) is 74.1 Å². The Bertz CT molecular complexity index is 1370. The van der Waals surface area contributed by atoms with Gasteiger partial charge in [-0.25, -0.2) is 0 Å². The number of quaternary nitrogens is 1. The Morgan fingerprint density at radius 3 is 2.45 bits per heavy atom. The number of nitrogens with one attached hydrogen (secondary N) is 2. The largest absolute Gasteiger partial charge is 0.352 e. The second kappa shape index (κ2) is 12.9. The van der Waals surface area contributed by atoms with Crippen LogP contribution in [0.4, 0.5) is 5.69 Å². The molecule has 2 N–H and O–H groups in total.